The number of rotatable bonds is 4. The molecule has 0 bridgehead atoms. The van der Waals surface area contributed by atoms with Crippen LogP contribution in [0.4, 0.5) is 11.4 Å². The molecule has 0 aliphatic carbocycles. The number of hydrogen-bond donors (Lipinski definition) is 2. The summed E-state index contributed by atoms with van der Waals surface area (Å²) in [6, 6.07) is 7.70. The maximum Gasteiger partial charge on any atom is 0.0955 e. The van der Waals surface area contributed by atoms with Crippen molar-refractivity contribution in [2.75, 3.05) is 30.3 Å². The van der Waals surface area contributed by atoms with E-state index in [9.17, 15) is 0 Å². The Balaban J connectivity index is 2.57. The van der Waals surface area contributed by atoms with Crippen LogP contribution in [-0.4, -0.2) is 29.8 Å². The van der Waals surface area contributed by atoms with Crippen LogP contribution in [0, 0.1) is 0 Å². The lowest BCUT2D eigenvalue weighted by atomic mass is 10.1. The molecule has 0 spiro atoms. The zero-order chi connectivity index (χ0) is 12.3. The summed E-state index contributed by atoms with van der Waals surface area (Å²) < 4.78 is 0. The summed E-state index contributed by atoms with van der Waals surface area (Å²) in [5.74, 6) is 0. The summed E-state index contributed by atoms with van der Waals surface area (Å²) in [6.45, 7) is 3.62. The predicted molar refractivity (Wildman–Crippen MR) is 71.1 cm³/mol. The van der Waals surface area contributed by atoms with E-state index in [0.717, 1.165) is 28.8 Å². The Bertz CT molecular complexity index is 513. The minimum atomic E-state index is 0.131. The first-order valence-corrected chi connectivity index (χ1v) is 5.77. The molecule has 0 saturated carbocycles. The smallest absolute Gasteiger partial charge is 0.0955 e. The normalized spacial score (nSPS) is 10.7. The first-order chi connectivity index (χ1) is 8.27. The minimum absolute atomic E-state index is 0.131. The standard InChI is InChI=1S/C13H17N3O/c1-2-16(8-9-17)12-6-5-11(14)10-4-3-7-15-13(10)12/h3-7,17H,2,8-9,14H2,1H3. The van der Waals surface area contributed by atoms with Gasteiger partial charge in [0.1, 0.15) is 0 Å². The molecule has 0 aliphatic heterocycles. The molecule has 4 heteroatoms. The number of aliphatic hydroxyl groups is 1. The van der Waals surface area contributed by atoms with E-state index in [1.807, 2.05) is 24.3 Å². The van der Waals surface area contributed by atoms with E-state index in [1.54, 1.807) is 6.20 Å². The fourth-order valence-corrected chi connectivity index (χ4v) is 2.00. The number of pyridine rings is 1. The molecule has 17 heavy (non-hydrogen) atoms. The lowest BCUT2D eigenvalue weighted by Crippen LogP contribution is -2.26. The lowest BCUT2D eigenvalue weighted by molar-refractivity contribution is 0.302. The molecule has 0 saturated heterocycles. The number of nitrogen functional groups attached to an aromatic ring is 1. The van der Waals surface area contributed by atoms with Crippen LogP contribution in [0.2, 0.25) is 0 Å². The average molecular weight is 231 g/mol. The van der Waals surface area contributed by atoms with Crippen molar-refractivity contribution in [3.63, 3.8) is 0 Å². The molecule has 2 rings (SSSR count). The lowest BCUT2D eigenvalue weighted by Gasteiger charge is -2.23. The van der Waals surface area contributed by atoms with Crippen LogP contribution in [0.25, 0.3) is 10.9 Å². The van der Waals surface area contributed by atoms with Crippen molar-refractivity contribution in [1.82, 2.24) is 4.98 Å². The van der Waals surface area contributed by atoms with Gasteiger partial charge in [-0.25, -0.2) is 0 Å². The van der Waals surface area contributed by atoms with Crippen LogP contribution >= 0.6 is 0 Å². The third kappa shape index (κ3) is 2.17. The molecule has 1 heterocycles. The van der Waals surface area contributed by atoms with Gasteiger partial charge in [-0.15, -0.1) is 0 Å². The molecule has 0 radical (unpaired) electrons. The molecule has 0 amide bonds. The molecular weight excluding hydrogens is 214 g/mol. The zero-order valence-corrected chi connectivity index (χ0v) is 9.93. The maximum absolute atomic E-state index is 9.07. The Labute approximate surface area is 101 Å². The molecule has 0 unspecified atom stereocenters. The van der Waals surface area contributed by atoms with Crippen LogP contribution in [0.15, 0.2) is 30.5 Å². The van der Waals surface area contributed by atoms with Gasteiger partial charge in [-0.1, -0.05) is 0 Å². The number of anilines is 2. The zero-order valence-electron chi connectivity index (χ0n) is 9.93. The Morgan fingerprint density at radius 1 is 1.35 bits per heavy atom. The van der Waals surface area contributed by atoms with Crippen molar-refractivity contribution >= 4 is 22.3 Å². The van der Waals surface area contributed by atoms with Gasteiger partial charge < -0.3 is 15.7 Å². The highest BCUT2D eigenvalue weighted by atomic mass is 16.3. The van der Waals surface area contributed by atoms with E-state index in [2.05, 4.69) is 16.8 Å². The molecule has 0 aliphatic rings. The molecule has 3 N–H and O–H groups in total. The number of likely N-dealkylation sites (N-methyl/N-ethyl adjacent to an activating group) is 1. The quantitative estimate of drug-likeness (QED) is 0.785. The van der Waals surface area contributed by atoms with Gasteiger partial charge in [-0.3, -0.25) is 4.98 Å². The maximum atomic E-state index is 9.07. The van der Waals surface area contributed by atoms with Gasteiger partial charge in [0, 0.05) is 30.4 Å². The number of benzene rings is 1. The van der Waals surface area contributed by atoms with Crippen molar-refractivity contribution in [3.05, 3.63) is 30.5 Å². The number of nitrogens with zero attached hydrogens (tertiary/aromatic N) is 2. The van der Waals surface area contributed by atoms with Gasteiger partial charge in [0.2, 0.25) is 0 Å². The Kier molecular flexibility index (Phi) is 3.44. The van der Waals surface area contributed by atoms with E-state index in [4.69, 9.17) is 10.8 Å². The third-order valence-electron chi connectivity index (χ3n) is 2.87. The van der Waals surface area contributed by atoms with Crippen molar-refractivity contribution in [1.29, 1.82) is 0 Å². The van der Waals surface area contributed by atoms with Gasteiger partial charge in [-0.2, -0.15) is 0 Å². The van der Waals surface area contributed by atoms with E-state index >= 15 is 0 Å². The number of aromatic nitrogens is 1. The summed E-state index contributed by atoms with van der Waals surface area (Å²) in [5, 5.41) is 10.0. The predicted octanol–water partition coefficient (Wildman–Crippen LogP) is 1.64. The molecule has 1 aromatic carbocycles. The Hall–Kier alpha value is -1.81. The highest BCUT2D eigenvalue weighted by molar-refractivity contribution is 5.98. The van der Waals surface area contributed by atoms with Gasteiger partial charge >= 0.3 is 0 Å². The van der Waals surface area contributed by atoms with Crippen LogP contribution in [0.3, 0.4) is 0 Å². The summed E-state index contributed by atoms with van der Waals surface area (Å²) in [7, 11) is 0. The number of hydrogen-bond acceptors (Lipinski definition) is 4. The van der Waals surface area contributed by atoms with Crippen LogP contribution in [-0.2, 0) is 0 Å². The molecular formula is C13H17N3O. The second-order valence-electron chi connectivity index (χ2n) is 3.88. The first kappa shape index (κ1) is 11.7. The van der Waals surface area contributed by atoms with Gasteiger partial charge in [0.05, 0.1) is 17.8 Å². The van der Waals surface area contributed by atoms with Gasteiger partial charge in [-0.05, 0) is 31.2 Å². The fraction of sp³-hybridized carbons (Fsp3) is 0.308. The van der Waals surface area contributed by atoms with Crippen molar-refractivity contribution in [2.45, 2.75) is 6.92 Å². The number of fused-ring (bicyclic) bond motifs is 1. The van der Waals surface area contributed by atoms with Gasteiger partial charge in [0.15, 0.2) is 0 Å². The molecule has 0 atom stereocenters. The van der Waals surface area contributed by atoms with E-state index in [0.29, 0.717) is 6.54 Å². The highest BCUT2D eigenvalue weighted by Gasteiger charge is 2.10. The molecule has 4 nitrogen and oxygen atoms in total. The SMILES string of the molecule is CCN(CCO)c1ccc(N)c2cccnc12. The van der Waals surface area contributed by atoms with Crippen LogP contribution < -0.4 is 10.6 Å². The largest absolute Gasteiger partial charge is 0.398 e. The van der Waals surface area contributed by atoms with Crippen LogP contribution in [0.5, 0.6) is 0 Å². The Morgan fingerprint density at radius 3 is 2.88 bits per heavy atom. The van der Waals surface area contributed by atoms with E-state index < -0.39 is 0 Å². The number of nitrogens with two attached hydrogens (primary N) is 1. The monoisotopic (exact) mass is 231 g/mol. The average Bonchev–Trinajstić information content (AvgIpc) is 2.37. The minimum Gasteiger partial charge on any atom is -0.398 e. The second kappa shape index (κ2) is 5.01. The fourth-order valence-electron chi connectivity index (χ4n) is 2.00. The van der Waals surface area contributed by atoms with Crippen molar-refractivity contribution < 1.29 is 5.11 Å². The molecule has 2 aromatic rings. The number of aliphatic hydroxyl groups excluding tert-OH is 1. The van der Waals surface area contributed by atoms with E-state index in [-0.39, 0.29) is 6.61 Å². The van der Waals surface area contributed by atoms with Crippen molar-refractivity contribution in [3.8, 4) is 0 Å². The molecule has 1 aromatic heterocycles. The summed E-state index contributed by atoms with van der Waals surface area (Å²) >= 11 is 0. The molecule has 90 valence electrons. The topological polar surface area (TPSA) is 62.4 Å². The first-order valence-electron chi connectivity index (χ1n) is 5.77. The summed E-state index contributed by atoms with van der Waals surface area (Å²) in [4.78, 5) is 6.48. The molecule has 0 fully saturated rings. The second-order valence-corrected chi connectivity index (χ2v) is 3.88. The summed E-state index contributed by atoms with van der Waals surface area (Å²) in [5.41, 5.74) is 8.58. The highest BCUT2D eigenvalue weighted by Crippen LogP contribution is 2.28. The Morgan fingerprint density at radius 2 is 2.18 bits per heavy atom. The van der Waals surface area contributed by atoms with Crippen LogP contribution in [0.1, 0.15) is 6.92 Å². The van der Waals surface area contributed by atoms with Crippen molar-refractivity contribution in [2.24, 2.45) is 0 Å². The van der Waals surface area contributed by atoms with Gasteiger partial charge in [0.25, 0.3) is 0 Å². The van der Waals surface area contributed by atoms with E-state index in [1.165, 1.54) is 0 Å². The third-order valence-corrected chi connectivity index (χ3v) is 2.87. The summed E-state index contributed by atoms with van der Waals surface area (Å²) in [6.07, 6.45) is 1.76.